The molecule has 0 amide bonds. The Balaban J connectivity index is 1.79. The van der Waals surface area contributed by atoms with Crippen molar-refractivity contribution in [3.05, 3.63) is 69.6 Å². The van der Waals surface area contributed by atoms with Crippen LogP contribution in [0.5, 0.6) is 0 Å². The van der Waals surface area contributed by atoms with E-state index in [-0.39, 0.29) is 11.9 Å². The largest absolute Gasteiger partial charge is 0.376 e. The summed E-state index contributed by atoms with van der Waals surface area (Å²) < 4.78 is 21.4. The van der Waals surface area contributed by atoms with Crippen LogP contribution in [0.4, 0.5) is 10.1 Å². The summed E-state index contributed by atoms with van der Waals surface area (Å²) in [6, 6.07) is 12.9. The maximum absolute atomic E-state index is 13.4. The van der Waals surface area contributed by atoms with Crippen LogP contribution in [0, 0.1) is 19.7 Å². The van der Waals surface area contributed by atoms with Gasteiger partial charge in [0.2, 0.25) is 0 Å². The molecular weight excluding hydrogens is 359 g/mol. The second kappa shape index (κ2) is 7.79. The third-order valence-electron chi connectivity index (χ3n) is 5.06. The van der Waals surface area contributed by atoms with E-state index in [2.05, 4.69) is 42.0 Å². The SMILES string of the molecule is Cc1ccc(N=c2scc(-c3ccc(F)cc3)n2CC2CCCO2)cc1C. The van der Waals surface area contributed by atoms with Crippen LogP contribution in [-0.4, -0.2) is 17.3 Å². The third kappa shape index (κ3) is 4.04. The molecule has 1 atom stereocenters. The van der Waals surface area contributed by atoms with Gasteiger partial charge in [-0.3, -0.25) is 0 Å². The molecule has 0 bridgehead atoms. The minimum Gasteiger partial charge on any atom is -0.376 e. The maximum atomic E-state index is 13.4. The first-order valence-electron chi connectivity index (χ1n) is 9.28. The summed E-state index contributed by atoms with van der Waals surface area (Å²) in [4.78, 5) is 5.84. The van der Waals surface area contributed by atoms with Gasteiger partial charge in [-0.15, -0.1) is 11.3 Å². The summed E-state index contributed by atoms with van der Waals surface area (Å²) in [5, 5.41) is 2.10. The molecule has 5 heteroatoms. The van der Waals surface area contributed by atoms with E-state index >= 15 is 0 Å². The maximum Gasteiger partial charge on any atom is 0.190 e. The Morgan fingerprint density at radius 3 is 2.67 bits per heavy atom. The number of benzene rings is 2. The first kappa shape index (κ1) is 18.1. The molecule has 1 aromatic heterocycles. The average molecular weight is 383 g/mol. The standard InChI is InChI=1S/C22H23FN2OS/c1-15-5-10-19(12-16(15)2)24-22-25(13-20-4-3-11-26-20)21(14-27-22)17-6-8-18(23)9-7-17/h5-10,12,14,20H,3-4,11,13H2,1-2H3. The monoisotopic (exact) mass is 382 g/mol. The van der Waals surface area contributed by atoms with E-state index in [4.69, 9.17) is 9.73 Å². The van der Waals surface area contributed by atoms with Crippen LogP contribution in [0.1, 0.15) is 24.0 Å². The number of hydrogen-bond acceptors (Lipinski definition) is 3. The number of nitrogens with zero attached hydrogens (tertiary/aromatic N) is 2. The Morgan fingerprint density at radius 1 is 1.15 bits per heavy atom. The summed E-state index contributed by atoms with van der Waals surface area (Å²) in [6.07, 6.45) is 2.37. The molecule has 0 spiro atoms. The van der Waals surface area contributed by atoms with Crippen molar-refractivity contribution in [2.45, 2.75) is 39.3 Å². The lowest BCUT2D eigenvalue weighted by atomic mass is 10.1. The molecule has 2 aromatic carbocycles. The van der Waals surface area contributed by atoms with E-state index in [9.17, 15) is 4.39 Å². The Labute approximate surface area is 162 Å². The van der Waals surface area contributed by atoms with Gasteiger partial charge in [0.25, 0.3) is 0 Å². The van der Waals surface area contributed by atoms with E-state index in [0.717, 1.165) is 47.7 Å². The number of halogens is 1. The van der Waals surface area contributed by atoms with Gasteiger partial charge in [0.15, 0.2) is 4.80 Å². The Morgan fingerprint density at radius 2 is 1.96 bits per heavy atom. The molecule has 0 saturated carbocycles. The van der Waals surface area contributed by atoms with E-state index in [1.165, 1.54) is 23.3 Å². The van der Waals surface area contributed by atoms with Gasteiger partial charge in [0.05, 0.1) is 24.0 Å². The van der Waals surface area contributed by atoms with E-state index in [0.29, 0.717) is 0 Å². The third-order valence-corrected chi connectivity index (χ3v) is 5.93. The molecule has 140 valence electrons. The number of ether oxygens (including phenoxy) is 1. The summed E-state index contributed by atoms with van der Waals surface area (Å²) in [6.45, 7) is 5.80. The first-order chi connectivity index (χ1) is 13.1. The first-order valence-corrected chi connectivity index (χ1v) is 10.2. The Hall–Kier alpha value is -2.24. The summed E-state index contributed by atoms with van der Waals surface area (Å²) in [7, 11) is 0. The van der Waals surface area contributed by atoms with Gasteiger partial charge in [-0.1, -0.05) is 6.07 Å². The van der Waals surface area contributed by atoms with Crippen LogP contribution in [0.3, 0.4) is 0 Å². The minimum atomic E-state index is -0.223. The quantitative estimate of drug-likeness (QED) is 0.595. The zero-order valence-electron chi connectivity index (χ0n) is 15.6. The van der Waals surface area contributed by atoms with E-state index < -0.39 is 0 Å². The summed E-state index contributed by atoms with van der Waals surface area (Å²) in [5.41, 5.74) is 5.49. The number of hydrogen-bond donors (Lipinski definition) is 0. The van der Waals surface area contributed by atoms with Crippen molar-refractivity contribution in [3.63, 3.8) is 0 Å². The highest BCUT2D eigenvalue weighted by Gasteiger charge is 2.19. The second-order valence-corrected chi connectivity index (χ2v) is 7.87. The van der Waals surface area contributed by atoms with E-state index in [1.807, 2.05) is 12.1 Å². The molecule has 1 saturated heterocycles. The van der Waals surface area contributed by atoms with Crippen molar-refractivity contribution < 1.29 is 9.13 Å². The molecule has 1 aliphatic heterocycles. The predicted octanol–water partition coefficient (Wildman–Crippen LogP) is 5.38. The van der Waals surface area contributed by atoms with Gasteiger partial charge in [-0.25, -0.2) is 9.38 Å². The zero-order valence-corrected chi connectivity index (χ0v) is 16.4. The van der Waals surface area contributed by atoms with Crippen LogP contribution in [0.15, 0.2) is 52.8 Å². The van der Waals surface area contributed by atoms with Gasteiger partial charge in [-0.2, -0.15) is 0 Å². The molecule has 27 heavy (non-hydrogen) atoms. The van der Waals surface area contributed by atoms with Gasteiger partial charge in [-0.05, 0) is 79.8 Å². The molecule has 4 rings (SSSR count). The summed E-state index contributed by atoms with van der Waals surface area (Å²) >= 11 is 1.61. The predicted molar refractivity (Wildman–Crippen MR) is 108 cm³/mol. The smallest absolute Gasteiger partial charge is 0.190 e. The van der Waals surface area contributed by atoms with Crippen LogP contribution in [-0.2, 0) is 11.3 Å². The molecule has 1 unspecified atom stereocenters. The number of aryl methyl sites for hydroxylation is 2. The fourth-order valence-corrected chi connectivity index (χ4v) is 4.28. The Bertz CT molecular complexity index is 998. The number of thiazole rings is 1. The van der Waals surface area contributed by atoms with Crippen molar-refractivity contribution in [3.8, 4) is 11.3 Å². The molecule has 2 heterocycles. The molecule has 0 N–H and O–H groups in total. The zero-order chi connectivity index (χ0) is 18.8. The molecule has 1 aliphatic rings. The van der Waals surface area contributed by atoms with Crippen LogP contribution < -0.4 is 4.80 Å². The van der Waals surface area contributed by atoms with Crippen LogP contribution >= 0.6 is 11.3 Å². The normalized spacial score (nSPS) is 17.6. The summed E-state index contributed by atoms with van der Waals surface area (Å²) in [5.74, 6) is -0.223. The molecule has 0 aliphatic carbocycles. The molecular formula is C22H23FN2OS. The number of rotatable bonds is 4. The van der Waals surface area contributed by atoms with Gasteiger partial charge < -0.3 is 9.30 Å². The second-order valence-electron chi connectivity index (χ2n) is 7.04. The fourth-order valence-electron chi connectivity index (χ4n) is 3.34. The highest BCUT2D eigenvalue weighted by Crippen LogP contribution is 2.24. The lowest BCUT2D eigenvalue weighted by Gasteiger charge is -2.14. The Kier molecular flexibility index (Phi) is 5.23. The van der Waals surface area contributed by atoms with Crippen molar-refractivity contribution in [2.75, 3.05) is 6.61 Å². The van der Waals surface area contributed by atoms with Crippen LogP contribution in [0.2, 0.25) is 0 Å². The molecule has 1 fully saturated rings. The van der Waals surface area contributed by atoms with Crippen molar-refractivity contribution >= 4 is 17.0 Å². The highest BCUT2D eigenvalue weighted by atomic mass is 32.1. The van der Waals surface area contributed by atoms with Gasteiger partial charge in [0.1, 0.15) is 5.82 Å². The fraction of sp³-hybridized carbons (Fsp3) is 0.318. The van der Waals surface area contributed by atoms with Crippen molar-refractivity contribution in [2.24, 2.45) is 4.99 Å². The molecule has 3 aromatic rings. The molecule has 0 radical (unpaired) electrons. The minimum absolute atomic E-state index is 0.206. The molecule has 3 nitrogen and oxygen atoms in total. The van der Waals surface area contributed by atoms with Crippen molar-refractivity contribution in [1.29, 1.82) is 0 Å². The lowest BCUT2D eigenvalue weighted by molar-refractivity contribution is 0.0968. The number of aromatic nitrogens is 1. The van der Waals surface area contributed by atoms with Gasteiger partial charge >= 0.3 is 0 Å². The average Bonchev–Trinajstić information content (AvgIpc) is 3.30. The van der Waals surface area contributed by atoms with Gasteiger partial charge in [0, 0.05) is 12.0 Å². The highest BCUT2D eigenvalue weighted by molar-refractivity contribution is 7.07. The van der Waals surface area contributed by atoms with E-state index in [1.54, 1.807) is 11.3 Å². The topological polar surface area (TPSA) is 26.5 Å². The van der Waals surface area contributed by atoms with Crippen molar-refractivity contribution in [1.82, 2.24) is 4.57 Å². The van der Waals surface area contributed by atoms with Crippen LogP contribution in [0.25, 0.3) is 11.3 Å². The lowest BCUT2D eigenvalue weighted by Crippen LogP contribution is -2.24.